The van der Waals surface area contributed by atoms with Crippen LogP contribution in [0.15, 0.2) is 18.2 Å². The first-order valence-electron chi connectivity index (χ1n) is 8.57. The molecule has 1 aliphatic heterocycles. The zero-order chi connectivity index (χ0) is 16.7. The molecule has 1 aromatic carbocycles. The molecule has 128 valence electrons. The van der Waals surface area contributed by atoms with Gasteiger partial charge in [-0.3, -0.25) is 9.69 Å². The van der Waals surface area contributed by atoms with E-state index in [4.69, 9.17) is 9.47 Å². The minimum absolute atomic E-state index is 0.0189. The number of ether oxygens (including phenoxy) is 2. The van der Waals surface area contributed by atoms with E-state index in [1.807, 2.05) is 32.0 Å². The average molecular weight is 320 g/mol. The van der Waals surface area contributed by atoms with Crippen LogP contribution in [0.5, 0.6) is 11.5 Å². The van der Waals surface area contributed by atoms with Gasteiger partial charge in [-0.15, -0.1) is 0 Å². The quantitative estimate of drug-likeness (QED) is 0.837. The summed E-state index contributed by atoms with van der Waals surface area (Å²) in [6.45, 7) is 8.64. The van der Waals surface area contributed by atoms with Crippen molar-refractivity contribution in [3.63, 3.8) is 0 Å². The number of amides is 1. The van der Waals surface area contributed by atoms with Gasteiger partial charge in [0.2, 0.25) is 5.91 Å². The van der Waals surface area contributed by atoms with Crippen LogP contribution in [0.1, 0.15) is 40.0 Å². The lowest BCUT2D eigenvalue weighted by atomic mass is 10.0. The Morgan fingerprint density at radius 2 is 1.96 bits per heavy atom. The van der Waals surface area contributed by atoms with E-state index in [0.717, 1.165) is 12.2 Å². The summed E-state index contributed by atoms with van der Waals surface area (Å²) in [5.74, 6) is 1.39. The van der Waals surface area contributed by atoms with Gasteiger partial charge < -0.3 is 14.8 Å². The van der Waals surface area contributed by atoms with Crippen molar-refractivity contribution >= 4 is 11.6 Å². The summed E-state index contributed by atoms with van der Waals surface area (Å²) in [5, 5.41) is 2.96. The summed E-state index contributed by atoms with van der Waals surface area (Å²) >= 11 is 0. The smallest absolute Gasteiger partial charge is 0.238 e. The molecule has 0 radical (unpaired) electrons. The van der Waals surface area contributed by atoms with Gasteiger partial charge >= 0.3 is 0 Å². The molecule has 0 saturated carbocycles. The molecule has 5 heteroatoms. The molecular weight excluding hydrogens is 292 g/mol. The third-order valence-corrected chi connectivity index (χ3v) is 4.11. The molecule has 1 heterocycles. The van der Waals surface area contributed by atoms with E-state index in [9.17, 15) is 4.79 Å². The SMILES string of the molecule is CCOc1ccc(NC(=O)CN2CCCC[C@@H]2C)cc1OCC. The van der Waals surface area contributed by atoms with Crippen molar-refractivity contribution in [2.45, 2.75) is 46.1 Å². The Balaban J connectivity index is 1.98. The fourth-order valence-corrected chi connectivity index (χ4v) is 2.91. The Bertz CT molecular complexity index is 519. The number of anilines is 1. The highest BCUT2D eigenvalue weighted by Crippen LogP contribution is 2.30. The maximum Gasteiger partial charge on any atom is 0.238 e. The molecule has 1 fully saturated rings. The van der Waals surface area contributed by atoms with Gasteiger partial charge in [0, 0.05) is 17.8 Å². The second kappa shape index (κ2) is 8.77. The number of benzene rings is 1. The van der Waals surface area contributed by atoms with Crippen molar-refractivity contribution in [3.8, 4) is 11.5 Å². The molecule has 1 aliphatic rings. The van der Waals surface area contributed by atoms with Crippen LogP contribution in [0.2, 0.25) is 0 Å². The zero-order valence-electron chi connectivity index (χ0n) is 14.4. The van der Waals surface area contributed by atoms with Gasteiger partial charge in [0.1, 0.15) is 0 Å². The first-order chi connectivity index (χ1) is 11.1. The van der Waals surface area contributed by atoms with Crippen molar-refractivity contribution < 1.29 is 14.3 Å². The Morgan fingerprint density at radius 3 is 2.65 bits per heavy atom. The van der Waals surface area contributed by atoms with E-state index < -0.39 is 0 Å². The molecular formula is C18H28N2O3. The second-order valence-electron chi connectivity index (χ2n) is 5.89. The van der Waals surface area contributed by atoms with E-state index in [2.05, 4.69) is 17.1 Å². The lowest BCUT2D eigenvalue weighted by Gasteiger charge is -2.32. The zero-order valence-corrected chi connectivity index (χ0v) is 14.4. The molecule has 0 aromatic heterocycles. The molecule has 2 rings (SSSR count). The van der Waals surface area contributed by atoms with Gasteiger partial charge in [0.05, 0.1) is 19.8 Å². The first-order valence-corrected chi connectivity index (χ1v) is 8.57. The first kappa shape index (κ1) is 17.6. The number of likely N-dealkylation sites (tertiary alicyclic amines) is 1. The van der Waals surface area contributed by atoms with Crippen molar-refractivity contribution in [1.82, 2.24) is 4.90 Å². The van der Waals surface area contributed by atoms with Gasteiger partial charge in [-0.05, 0) is 52.3 Å². The highest BCUT2D eigenvalue weighted by Gasteiger charge is 2.20. The van der Waals surface area contributed by atoms with Gasteiger partial charge in [-0.2, -0.15) is 0 Å². The predicted molar refractivity (Wildman–Crippen MR) is 92.3 cm³/mol. The molecule has 0 aliphatic carbocycles. The van der Waals surface area contributed by atoms with E-state index >= 15 is 0 Å². The van der Waals surface area contributed by atoms with Gasteiger partial charge in [-0.25, -0.2) is 0 Å². The molecule has 1 amide bonds. The highest BCUT2D eigenvalue weighted by molar-refractivity contribution is 5.92. The monoisotopic (exact) mass is 320 g/mol. The number of carbonyl (C=O) groups excluding carboxylic acids is 1. The number of hydrogen-bond donors (Lipinski definition) is 1. The summed E-state index contributed by atoms with van der Waals surface area (Å²) in [5.41, 5.74) is 0.742. The summed E-state index contributed by atoms with van der Waals surface area (Å²) in [6.07, 6.45) is 3.61. The molecule has 1 aromatic rings. The lowest BCUT2D eigenvalue weighted by molar-refractivity contribution is -0.118. The average Bonchev–Trinajstić information content (AvgIpc) is 2.52. The Morgan fingerprint density at radius 1 is 1.22 bits per heavy atom. The van der Waals surface area contributed by atoms with Gasteiger partial charge in [-0.1, -0.05) is 6.42 Å². The number of nitrogens with zero attached hydrogens (tertiary/aromatic N) is 1. The molecule has 0 spiro atoms. The summed E-state index contributed by atoms with van der Waals surface area (Å²) in [4.78, 5) is 14.5. The van der Waals surface area contributed by atoms with Crippen LogP contribution in [0, 0.1) is 0 Å². The van der Waals surface area contributed by atoms with E-state index in [1.54, 1.807) is 0 Å². The predicted octanol–water partition coefficient (Wildman–Crippen LogP) is 3.30. The molecule has 0 unspecified atom stereocenters. The molecule has 0 bridgehead atoms. The molecule has 23 heavy (non-hydrogen) atoms. The molecule has 1 N–H and O–H groups in total. The number of piperidine rings is 1. The third-order valence-electron chi connectivity index (χ3n) is 4.11. The highest BCUT2D eigenvalue weighted by atomic mass is 16.5. The van der Waals surface area contributed by atoms with Crippen LogP contribution >= 0.6 is 0 Å². The fourth-order valence-electron chi connectivity index (χ4n) is 2.91. The Kier molecular flexibility index (Phi) is 6.71. The number of hydrogen-bond acceptors (Lipinski definition) is 4. The third kappa shape index (κ3) is 5.13. The fraction of sp³-hybridized carbons (Fsp3) is 0.611. The van der Waals surface area contributed by atoms with Crippen LogP contribution in [-0.4, -0.2) is 43.2 Å². The van der Waals surface area contributed by atoms with E-state index in [-0.39, 0.29) is 5.91 Å². The van der Waals surface area contributed by atoms with Crippen molar-refractivity contribution in [3.05, 3.63) is 18.2 Å². The van der Waals surface area contributed by atoms with Crippen molar-refractivity contribution in [1.29, 1.82) is 0 Å². The number of carbonyl (C=O) groups is 1. The number of nitrogens with one attached hydrogen (secondary N) is 1. The summed E-state index contributed by atoms with van der Waals surface area (Å²) < 4.78 is 11.1. The normalized spacial score (nSPS) is 18.5. The molecule has 5 nitrogen and oxygen atoms in total. The van der Waals surface area contributed by atoms with Crippen LogP contribution in [0.3, 0.4) is 0 Å². The van der Waals surface area contributed by atoms with Crippen LogP contribution in [0.4, 0.5) is 5.69 Å². The summed E-state index contributed by atoms with van der Waals surface area (Å²) in [7, 11) is 0. The molecule has 1 atom stereocenters. The van der Waals surface area contributed by atoms with E-state index in [0.29, 0.717) is 37.3 Å². The lowest BCUT2D eigenvalue weighted by Crippen LogP contribution is -2.42. The summed E-state index contributed by atoms with van der Waals surface area (Å²) in [6, 6.07) is 6.00. The Labute approximate surface area is 139 Å². The minimum atomic E-state index is 0.0189. The van der Waals surface area contributed by atoms with Crippen molar-refractivity contribution in [2.24, 2.45) is 0 Å². The van der Waals surface area contributed by atoms with E-state index in [1.165, 1.54) is 19.3 Å². The maximum absolute atomic E-state index is 12.3. The largest absolute Gasteiger partial charge is 0.490 e. The second-order valence-corrected chi connectivity index (χ2v) is 5.89. The number of rotatable bonds is 7. The molecule has 1 saturated heterocycles. The van der Waals surface area contributed by atoms with Crippen LogP contribution in [0.25, 0.3) is 0 Å². The topological polar surface area (TPSA) is 50.8 Å². The van der Waals surface area contributed by atoms with Gasteiger partial charge in [0.15, 0.2) is 11.5 Å². The standard InChI is InChI=1S/C18H28N2O3/c1-4-22-16-10-9-15(12-17(16)23-5-2)19-18(21)13-20-11-7-6-8-14(20)3/h9-10,12,14H,4-8,11,13H2,1-3H3,(H,19,21)/t14-/m0/s1. The maximum atomic E-state index is 12.3. The Hall–Kier alpha value is -1.75. The van der Waals surface area contributed by atoms with Crippen molar-refractivity contribution in [2.75, 3.05) is 31.6 Å². The van der Waals surface area contributed by atoms with Crippen LogP contribution < -0.4 is 14.8 Å². The van der Waals surface area contributed by atoms with Crippen LogP contribution in [-0.2, 0) is 4.79 Å². The minimum Gasteiger partial charge on any atom is -0.490 e. The van der Waals surface area contributed by atoms with Gasteiger partial charge in [0.25, 0.3) is 0 Å².